The van der Waals surface area contributed by atoms with Gasteiger partial charge >= 0.3 is 13.1 Å². The topological polar surface area (TPSA) is 73.6 Å². The van der Waals surface area contributed by atoms with Crippen LogP contribution in [0.1, 0.15) is 52.7 Å². The summed E-state index contributed by atoms with van der Waals surface area (Å²) in [6.07, 6.45) is 3.45. The number of aryl methyl sites for hydroxylation is 1. The molecule has 1 unspecified atom stereocenters. The van der Waals surface area contributed by atoms with Crippen molar-refractivity contribution in [2.75, 3.05) is 0 Å². The molecular weight excluding hydrogens is 271 g/mol. The number of carboxylic acids is 1. The lowest BCUT2D eigenvalue weighted by molar-refractivity contribution is -0.137. The minimum atomic E-state index is -0.889. The first-order valence-corrected chi connectivity index (χ1v) is 7.26. The number of hydrogen-bond donors (Lipinski definition) is 1. The number of aliphatic carboxylic acids is 1. The molecule has 7 heteroatoms. The number of hydrogen-bond acceptors (Lipinski definition) is 4. The van der Waals surface area contributed by atoms with Crippen molar-refractivity contribution in [3.05, 3.63) is 18.2 Å². The zero-order chi connectivity index (χ0) is 15.8. The van der Waals surface area contributed by atoms with Crippen LogP contribution >= 0.6 is 0 Å². The van der Waals surface area contributed by atoms with E-state index < -0.39 is 30.1 Å². The van der Waals surface area contributed by atoms with Crippen molar-refractivity contribution in [2.45, 2.75) is 64.6 Å². The second kappa shape index (κ2) is 5.46. The third-order valence-electron chi connectivity index (χ3n) is 4.41. The second-order valence-corrected chi connectivity index (χ2v) is 6.40. The molecular formula is C14H23BN2O4. The highest BCUT2D eigenvalue weighted by Crippen LogP contribution is 2.41. The van der Waals surface area contributed by atoms with Gasteiger partial charge in [0.05, 0.1) is 23.4 Å². The summed E-state index contributed by atoms with van der Waals surface area (Å²) in [5, 5.41) is 9.22. The summed E-state index contributed by atoms with van der Waals surface area (Å²) in [6.45, 7) is 10.5. The molecule has 116 valence electrons. The van der Waals surface area contributed by atoms with Crippen molar-refractivity contribution in [3.63, 3.8) is 0 Å². The van der Waals surface area contributed by atoms with E-state index in [4.69, 9.17) is 9.31 Å². The molecule has 1 aromatic rings. The lowest BCUT2D eigenvalue weighted by atomic mass is 9.69. The van der Waals surface area contributed by atoms with Gasteiger partial charge in [0.1, 0.15) is 5.82 Å². The smallest absolute Gasteiger partial charge is 0.469 e. The Labute approximate surface area is 125 Å². The average Bonchev–Trinajstić information content (AvgIpc) is 2.89. The zero-order valence-electron chi connectivity index (χ0n) is 13.3. The molecule has 1 saturated heterocycles. The Morgan fingerprint density at radius 2 is 1.95 bits per heavy atom. The van der Waals surface area contributed by atoms with Crippen molar-refractivity contribution >= 4 is 13.1 Å². The molecule has 0 amide bonds. The standard InChI is InChI=1S/C14H23BN2O4/c1-6-17-8-7-16-12(17)10(9-11(18)19)15-20-13(2,3)14(4,5)21-15/h7-8,10H,6,9H2,1-5H3,(H,18,19). The summed E-state index contributed by atoms with van der Waals surface area (Å²) in [6, 6.07) is 0. The number of rotatable bonds is 5. The van der Waals surface area contributed by atoms with Crippen LogP contribution in [-0.2, 0) is 20.6 Å². The van der Waals surface area contributed by atoms with Gasteiger partial charge < -0.3 is 19.0 Å². The molecule has 1 N–H and O–H groups in total. The quantitative estimate of drug-likeness (QED) is 0.842. The summed E-state index contributed by atoms with van der Waals surface area (Å²) < 4.78 is 14.0. The monoisotopic (exact) mass is 294 g/mol. The van der Waals surface area contributed by atoms with Crippen LogP contribution in [0.2, 0.25) is 0 Å². The van der Waals surface area contributed by atoms with Crippen LogP contribution in [0.25, 0.3) is 0 Å². The second-order valence-electron chi connectivity index (χ2n) is 6.40. The van der Waals surface area contributed by atoms with Crippen molar-refractivity contribution in [1.29, 1.82) is 0 Å². The number of carbonyl (C=O) groups is 1. The Morgan fingerprint density at radius 1 is 1.38 bits per heavy atom. The maximum atomic E-state index is 11.2. The fourth-order valence-corrected chi connectivity index (χ4v) is 2.47. The fourth-order valence-electron chi connectivity index (χ4n) is 2.47. The molecule has 0 aliphatic carbocycles. The van der Waals surface area contributed by atoms with Crippen LogP contribution in [0.3, 0.4) is 0 Å². The van der Waals surface area contributed by atoms with E-state index >= 15 is 0 Å². The highest BCUT2D eigenvalue weighted by molar-refractivity contribution is 6.47. The molecule has 0 bridgehead atoms. The average molecular weight is 294 g/mol. The summed E-state index contributed by atoms with van der Waals surface area (Å²) in [5.74, 6) is -0.628. The lowest BCUT2D eigenvalue weighted by Gasteiger charge is -2.32. The van der Waals surface area contributed by atoms with Crippen LogP contribution in [0.5, 0.6) is 0 Å². The summed E-state index contributed by atoms with van der Waals surface area (Å²) in [4.78, 5) is 15.6. The summed E-state index contributed by atoms with van der Waals surface area (Å²) in [7, 11) is -0.612. The summed E-state index contributed by atoms with van der Waals surface area (Å²) in [5.41, 5.74) is -0.976. The van der Waals surface area contributed by atoms with Crippen LogP contribution < -0.4 is 0 Å². The van der Waals surface area contributed by atoms with E-state index in [-0.39, 0.29) is 6.42 Å². The Bertz CT molecular complexity index is 511. The van der Waals surface area contributed by atoms with Gasteiger partial charge in [0.15, 0.2) is 0 Å². The first-order chi connectivity index (χ1) is 9.68. The van der Waals surface area contributed by atoms with E-state index in [1.807, 2.05) is 45.4 Å². The van der Waals surface area contributed by atoms with Gasteiger partial charge in [-0.1, -0.05) is 0 Å². The Balaban J connectivity index is 2.32. The molecule has 1 fully saturated rings. The van der Waals surface area contributed by atoms with E-state index in [1.54, 1.807) is 6.20 Å². The van der Waals surface area contributed by atoms with Gasteiger partial charge in [-0.15, -0.1) is 0 Å². The molecule has 0 aromatic carbocycles. The van der Waals surface area contributed by atoms with Gasteiger partial charge in [-0.25, -0.2) is 4.98 Å². The first kappa shape index (κ1) is 16.0. The van der Waals surface area contributed by atoms with Gasteiger partial charge in [-0.05, 0) is 34.6 Å². The van der Waals surface area contributed by atoms with Gasteiger partial charge in [-0.3, -0.25) is 4.79 Å². The highest BCUT2D eigenvalue weighted by Gasteiger charge is 2.55. The largest absolute Gasteiger partial charge is 0.481 e. The van der Waals surface area contributed by atoms with Gasteiger partial charge in [0, 0.05) is 18.9 Å². The van der Waals surface area contributed by atoms with Crippen LogP contribution in [-0.4, -0.2) is 38.9 Å². The predicted molar refractivity (Wildman–Crippen MR) is 79.0 cm³/mol. The van der Waals surface area contributed by atoms with E-state index in [9.17, 15) is 9.90 Å². The molecule has 0 spiro atoms. The fraction of sp³-hybridized carbons (Fsp3) is 0.714. The normalized spacial score (nSPS) is 21.5. The van der Waals surface area contributed by atoms with E-state index in [2.05, 4.69) is 4.98 Å². The first-order valence-electron chi connectivity index (χ1n) is 7.26. The maximum Gasteiger partial charge on any atom is 0.469 e. The Morgan fingerprint density at radius 3 is 2.43 bits per heavy atom. The summed E-state index contributed by atoms with van der Waals surface area (Å²) >= 11 is 0. The van der Waals surface area contributed by atoms with E-state index in [0.717, 1.165) is 6.54 Å². The predicted octanol–water partition coefficient (Wildman–Crippen LogP) is 2.09. The molecule has 1 atom stereocenters. The zero-order valence-corrected chi connectivity index (χ0v) is 13.3. The molecule has 1 aromatic heterocycles. The van der Waals surface area contributed by atoms with Crippen molar-refractivity contribution in [1.82, 2.24) is 9.55 Å². The van der Waals surface area contributed by atoms with E-state index in [0.29, 0.717) is 5.82 Å². The van der Waals surface area contributed by atoms with Crippen LogP contribution in [0.4, 0.5) is 0 Å². The number of imidazole rings is 1. The molecule has 0 radical (unpaired) electrons. The lowest BCUT2D eigenvalue weighted by Crippen LogP contribution is -2.41. The minimum Gasteiger partial charge on any atom is -0.481 e. The van der Waals surface area contributed by atoms with Crippen molar-refractivity contribution in [3.8, 4) is 0 Å². The third-order valence-corrected chi connectivity index (χ3v) is 4.41. The van der Waals surface area contributed by atoms with Gasteiger partial charge in [-0.2, -0.15) is 0 Å². The molecule has 0 saturated carbocycles. The Kier molecular flexibility index (Phi) is 4.17. The molecule has 2 heterocycles. The molecule has 2 rings (SSSR count). The SMILES string of the molecule is CCn1ccnc1C(CC(=O)O)B1OC(C)(C)C(C)(C)O1. The van der Waals surface area contributed by atoms with E-state index in [1.165, 1.54) is 0 Å². The number of aromatic nitrogens is 2. The number of carboxylic acid groups (broad SMARTS) is 1. The van der Waals surface area contributed by atoms with Crippen molar-refractivity contribution in [2.24, 2.45) is 0 Å². The Hall–Kier alpha value is -1.34. The minimum absolute atomic E-state index is 0.0756. The molecule has 6 nitrogen and oxygen atoms in total. The van der Waals surface area contributed by atoms with Gasteiger partial charge in [0.25, 0.3) is 0 Å². The maximum absolute atomic E-state index is 11.2. The van der Waals surface area contributed by atoms with Crippen molar-refractivity contribution < 1.29 is 19.2 Å². The third kappa shape index (κ3) is 2.99. The number of nitrogens with zero attached hydrogens (tertiary/aromatic N) is 2. The molecule has 1 aliphatic rings. The van der Waals surface area contributed by atoms with Crippen LogP contribution in [0, 0.1) is 0 Å². The molecule has 1 aliphatic heterocycles. The van der Waals surface area contributed by atoms with Gasteiger partial charge in [0.2, 0.25) is 0 Å². The highest BCUT2D eigenvalue weighted by atomic mass is 16.7. The molecule has 21 heavy (non-hydrogen) atoms. The van der Waals surface area contributed by atoms with Crippen LogP contribution in [0.15, 0.2) is 12.4 Å².